The molecule has 2 rings (SSSR count). The summed E-state index contributed by atoms with van der Waals surface area (Å²) in [5.74, 6) is 0. The van der Waals surface area contributed by atoms with Gasteiger partial charge in [-0.05, 0) is 11.6 Å². The Kier molecular flexibility index (Phi) is 4.31. The van der Waals surface area contributed by atoms with Crippen molar-refractivity contribution in [1.29, 1.82) is 0 Å². The second-order valence-electron chi connectivity index (χ2n) is 3.41. The molecule has 0 radical (unpaired) electrons. The quantitative estimate of drug-likeness (QED) is 0.852. The highest BCUT2D eigenvalue weighted by molar-refractivity contribution is 6.31. The van der Waals surface area contributed by atoms with Crippen molar-refractivity contribution in [3.05, 3.63) is 58.1 Å². The van der Waals surface area contributed by atoms with Gasteiger partial charge in [0.2, 0.25) is 0 Å². The molecule has 0 aliphatic carbocycles. The van der Waals surface area contributed by atoms with Crippen LogP contribution in [0.4, 0.5) is 0 Å². The first-order chi connectivity index (χ1) is 8.25. The van der Waals surface area contributed by atoms with Crippen molar-refractivity contribution in [2.24, 2.45) is 0 Å². The highest BCUT2D eigenvalue weighted by Gasteiger charge is 2.00. The maximum atomic E-state index is 6.00. The van der Waals surface area contributed by atoms with E-state index in [0.29, 0.717) is 23.4 Å². The standard InChI is InChI=1S/C12H10Cl2N2O/c13-11-4-2-1-3-9(11)7-17-8-10-5-16-12(14)6-15-10/h1-6H,7-8H2. The zero-order valence-corrected chi connectivity index (χ0v) is 10.4. The van der Waals surface area contributed by atoms with Crippen LogP contribution in [-0.2, 0) is 18.0 Å². The van der Waals surface area contributed by atoms with Crippen molar-refractivity contribution >= 4 is 23.2 Å². The zero-order valence-electron chi connectivity index (χ0n) is 8.94. The summed E-state index contributed by atoms with van der Waals surface area (Å²) >= 11 is 11.6. The number of aromatic nitrogens is 2. The summed E-state index contributed by atoms with van der Waals surface area (Å²) in [6, 6.07) is 7.57. The van der Waals surface area contributed by atoms with Crippen LogP contribution in [0.25, 0.3) is 0 Å². The van der Waals surface area contributed by atoms with E-state index in [1.54, 1.807) is 6.20 Å². The minimum Gasteiger partial charge on any atom is -0.370 e. The fraction of sp³-hybridized carbons (Fsp3) is 0.167. The second-order valence-corrected chi connectivity index (χ2v) is 4.21. The maximum Gasteiger partial charge on any atom is 0.147 e. The first-order valence-corrected chi connectivity index (χ1v) is 5.79. The van der Waals surface area contributed by atoms with Gasteiger partial charge in [-0.25, -0.2) is 4.98 Å². The molecule has 0 spiro atoms. The summed E-state index contributed by atoms with van der Waals surface area (Å²) in [5, 5.41) is 1.08. The Balaban J connectivity index is 1.88. The number of halogens is 2. The van der Waals surface area contributed by atoms with E-state index >= 15 is 0 Å². The van der Waals surface area contributed by atoms with Crippen LogP contribution in [0.3, 0.4) is 0 Å². The fourth-order valence-electron chi connectivity index (χ4n) is 1.29. The molecule has 0 aliphatic rings. The molecule has 0 aliphatic heterocycles. The number of hydrogen-bond donors (Lipinski definition) is 0. The van der Waals surface area contributed by atoms with E-state index in [4.69, 9.17) is 27.9 Å². The molecule has 0 fully saturated rings. The van der Waals surface area contributed by atoms with E-state index in [9.17, 15) is 0 Å². The zero-order chi connectivity index (χ0) is 12.1. The molecule has 0 atom stereocenters. The molecule has 0 saturated carbocycles. The molecule has 5 heteroatoms. The molecule has 0 bridgehead atoms. The van der Waals surface area contributed by atoms with Crippen LogP contribution in [-0.4, -0.2) is 9.97 Å². The summed E-state index contributed by atoms with van der Waals surface area (Å²) in [4.78, 5) is 8.00. The summed E-state index contributed by atoms with van der Waals surface area (Å²) in [5.41, 5.74) is 1.69. The third-order valence-corrected chi connectivity index (χ3v) is 2.70. The largest absolute Gasteiger partial charge is 0.370 e. The van der Waals surface area contributed by atoms with Gasteiger partial charge in [-0.3, -0.25) is 4.98 Å². The first kappa shape index (κ1) is 12.3. The van der Waals surface area contributed by atoms with Crippen LogP contribution in [0, 0.1) is 0 Å². The first-order valence-electron chi connectivity index (χ1n) is 5.03. The molecule has 0 amide bonds. The number of hydrogen-bond acceptors (Lipinski definition) is 3. The van der Waals surface area contributed by atoms with Crippen molar-refractivity contribution in [3.63, 3.8) is 0 Å². The van der Waals surface area contributed by atoms with Gasteiger partial charge in [0, 0.05) is 5.02 Å². The number of benzene rings is 1. The molecule has 0 saturated heterocycles. The van der Waals surface area contributed by atoms with Gasteiger partial charge in [0.1, 0.15) is 5.15 Å². The topological polar surface area (TPSA) is 35.0 Å². The predicted molar refractivity (Wildman–Crippen MR) is 67.0 cm³/mol. The van der Waals surface area contributed by atoms with Gasteiger partial charge < -0.3 is 4.74 Å². The lowest BCUT2D eigenvalue weighted by molar-refractivity contribution is 0.104. The summed E-state index contributed by atoms with van der Waals surface area (Å²) in [7, 11) is 0. The van der Waals surface area contributed by atoms with Crippen molar-refractivity contribution < 1.29 is 4.74 Å². The second kappa shape index (κ2) is 5.96. The van der Waals surface area contributed by atoms with E-state index < -0.39 is 0 Å². The SMILES string of the molecule is Clc1cnc(COCc2ccccc2Cl)cn1. The average Bonchev–Trinajstić information content (AvgIpc) is 2.34. The Morgan fingerprint density at radius 1 is 1.00 bits per heavy atom. The van der Waals surface area contributed by atoms with Crippen LogP contribution in [0.2, 0.25) is 10.2 Å². The van der Waals surface area contributed by atoms with Crippen LogP contribution in [0.15, 0.2) is 36.7 Å². The van der Waals surface area contributed by atoms with E-state index in [1.807, 2.05) is 24.3 Å². The highest BCUT2D eigenvalue weighted by atomic mass is 35.5. The molecule has 1 aromatic heterocycles. The van der Waals surface area contributed by atoms with Crippen molar-refractivity contribution in [1.82, 2.24) is 9.97 Å². The van der Waals surface area contributed by atoms with Gasteiger partial charge in [0.05, 0.1) is 31.3 Å². The van der Waals surface area contributed by atoms with E-state index in [2.05, 4.69) is 9.97 Å². The summed E-state index contributed by atoms with van der Waals surface area (Å²) in [6.45, 7) is 0.833. The lowest BCUT2D eigenvalue weighted by Gasteiger charge is -2.05. The Bertz CT molecular complexity index is 488. The van der Waals surface area contributed by atoms with Gasteiger partial charge in [0.15, 0.2) is 0 Å². The fourth-order valence-corrected chi connectivity index (χ4v) is 1.58. The Hall–Kier alpha value is -1.16. The van der Waals surface area contributed by atoms with E-state index in [-0.39, 0.29) is 0 Å². The van der Waals surface area contributed by atoms with Crippen LogP contribution in [0.1, 0.15) is 11.3 Å². The van der Waals surface area contributed by atoms with Crippen molar-refractivity contribution in [2.75, 3.05) is 0 Å². The van der Waals surface area contributed by atoms with E-state index in [1.165, 1.54) is 6.20 Å². The van der Waals surface area contributed by atoms with Crippen LogP contribution >= 0.6 is 23.2 Å². The molecular weight excluding hydrogens is 259 g/mol. The Labute approximate surface area is 109 Å². The molecule has 17 heavy (non-hydrogen) atoms. The summed E-state index contributed by atoms with van der Waals surface area (Å²) < 4.78 is 5.50. The van der Waals surface area contributed by atoms with Crippen LogP contribution < -0.4 is 0 Å². The van der Waals surface area contributed by atoms with Gasteiger partial charge in [-0.15, -0.1) is 0 Å². The number of rotatable bonds is 4. The number of nitrogens with zero attached hydrogens (tertiary/aromatic N) is 2. The monoisotopic (exact) mass is 268 g/mol. The molecular formula is C12H10Cl2N2O. The minimum atomic E-state index is 0.375. The lowest BCUT2D eigenvalue weighted by atomic mass is 10.2. The predicted octanol–water partition coefficient (Wildman–Crippen LogP) is 3.50. The molecule has 88 valence electrons. The minimum absolute atomic E-state index is 0.375. The molecule has 0 N–H and O–H groups in total. The highest BCUT2D eigenvalue weighted by Crippen LogP contribution is 2.16. The third-order valence-electron chi connectivity index (χ3n) is 2.14. The van der Waals surface area contributed by atoms with E-state index in [0.717, 1.165) is 11.3 Å². The molecule has 2 aromatic rings. The Morgan fingerprint density at radius 3 is 2.53 bits per heavy atom. The molecule has 0 unspecified atom stereocenters. The third kappa shape index (κ3) is 3.66. The van der Waals surface area contributed by atoms with Crippen molar-refractivity contribution in [2.45, 2.75) is 13.2 Å². The normalized spacial score (nSPS) is 10.5. The Morgan fingerprint density at radius 2 is 1.82 bits per heavy atom. The lowest BCUT2D eigenvalue weighted by Crippen LogP contribution is -1.97. The molecule has 1 aromatic carbocycles. The van der Waals surface area contributed by atoms with Crippen molar-refractivity contribution in [3.8, 4) is 0 Å². The van der Waals surface area contributed by atoms with Gasteiger partial charge >= 0.3 is 0 Å². The number of ether oxygens (including phenoxy) is 1. The maximum absolute atomic E-state index is 6.00. The van der Waals surface area contributed by atoms with Crippen LogP contribution in [0.5, 0.6) is 0 Å². The van der Waals surface area contributed by atoms with Gasteiger partial charge in [-0.1, -0.05) is 41.4 Å². The molecule has 3 nitrogen and oxygen atoms in total. The van der Waals surface area contributed by atoms with Gasteiger partial charge in [-0.2, -0.15) is 0 Å². The molecule has 1 heterocycles. The summed E-state index contributed by atoms with van der Waals surface area (Å²) in [6.07, 6.45) is 3.09. The average molecular weight is 269 g/mol. The van der Waals surface area contributed by atoms with Gasteiger partial charge in [0.25, 0.3) is 0 Å². The smallest absolute Gasteiger partial charge is 0.147 e.